The van der Waals surface area contributed by atoms with Gasteiger partial charge in [-0.05, 0) is 36.2 Å². The van der Waals surface area contributed by atoms with E-state index < -0.39 is 5.97 Å². The minimum Gasteiger partial charge on any atom is -0.465 e. The molecule has 0 aromatic heterocycles. The number of methoxy groups -OCH3 is 1. The molecule has 2 aromatic rings. The van der Waals surface area contributed by atoms with E-state index in [1.165, 1.54) is 19.2 Å². The Morgan fingerprint density at radius 3 is 2.76 bits per heavy atom. The number of benzene rings is 2. The van der Waals surface area contributed by atoms with Crippen LogP contribution in [0, 0.1) is 5.82 Å². The van der Waals surface area contributed by atoms with Gasteiger partial charge in [0.05, 0.1) is 24.0 Å². The minimum absolute atomic E-state index is 0.250. The van der Waals surface area contributed by atoms with Gasteiger partial charge in [0, 0.05) is 6.54 Å². The van der Waals surface area contributed by atoms with E-state index in [1.54, 1.807) is 24.3 Å². The first-order chi connectivity index (χ1) is 10.1. The smallest absolute Gasteiger partial charge is 0.340 e. The molecule has 0 aliphatic heterocycles. The van der Waals surface area contributed by atoms with Crippen molar-refractivity contribution in [3.8, 4) is 0 Å². The zero-order valence-electron chi connectivity index (χ0n) is 11.7. The van der Waals surface area contributed by atoms with E-state index >= 15 is 0 Å². The molecule has 0 fully saturated rings. The molecule has 0 saturated carbocycles. The number of para-hydroxylation sites is 1. The summed E-state index contributed by atoms with van der Waals surface area (Å²) in [5.74, 6) is -0.721. The Morgan fingerprint density at radius 2 is 2.05 bits per heavy atom. The Bertz CT molecular complexity index is 644. The van der Waals surface area contributed by atoms with Gasteiger partial charge in [0.15, 0.2) is 0 Å². The molecule has 0 atom stereocenters. The number of nitrogens with one attached hydrogen (secondary N) is 1. The fourth-order valence-corrected chi connectivity index (χ4v) is 2.04. The number of nitrogen functional groups attached to an aromatic ring is 1. The molecular formula is C16H17FN2O2. The minimum atomic E-state index is -0.471. The van der Waals surface area contributed by atoms with Crippen molar-refractivity contribution in [2.24, 2.45) is 0 Å². The lowest BCUT2D eigenvalue weighted by molar-refractivity contribution is 0.0602. The fourth-order valence-electron chi connectivity index (χ4n) is 2.04. The zero-order chi connectivity index (χ0) is 15.2. The SMILES string of the molecule is COC(=O)c1cccc(NCCc2cccc(F)c2)c1N. The largest absolute Gasteiger partial charge is 0.465 e. The van der Waals surface area contributed by atoms with Crippen LogP contribution in [-0.4, -0.2) is 19.6 Å². The summed E-state index contributed by atoms with van der Waals surface area (Å²) in [6.45, 7) is 0.582. The second-order valence-corrected chi connectivity index (χ2v) is 4.57. The Balaban J connectivity index is 2.02. The van der Waals surface area contributed by atoms with Crippen LogP contribution in [0.4, 0.5) is 15.8 Å². The van der Waals surface area contributed by atoms with Crippen molar-refractivity contribution >= 4 is 17.3 Å². The lowest BCUT2D eigenvalue weighted by Gasteiger charge is -2.12. The summed E-state index contributed by atoms with van der Waals surface area (Å²) in [5.41, 5.74) is 8.17. The lowest BCUT2D eigenvalue weighted by Crippen LogP contribution is -2.11. The first-order valence-corrected chi connectivity index (χ1v) is 6.57. The molecule has 0 aliphatic carbocycles. The number of anilines is 2. The molecule has 0 spiro atoms. The third-order valence-corrected chi connectivity index (χ3v) is 3.13. The van der Waals surface area contributed by atoms with Gasteiger partial charge in [0.25, 0.3) is 0 Å². The Morgan fingerprint density at radius 1 is 1.29 bits per heavy atom. The first-order valence-electron chi connectivity index (χ1n) is 6.57. The zero-order valence-corrected chi connectivity index (χ0v) is 11.7. The topological polar surface area (TPSA) is 64.3 Å². The lowest BCUT2D eigenvalue weighted by atomic mass is 10.1. The van der Waals surface area contributed by atoms with E-state index in [1.807, 2.05) is 6.07 Å². The van der Waals surface area contributed by atoms with E-state index in [2.05, 4.69) is 10.1 Å². The maximum absolute atomic E-state index is 13.1. The fraction of sp³-hybridized carbons (Fsp3) is 0.188. The summed E-state index contributed by atoms with van der Waals surface area (Å²) >= 11 is 0. The van der Waals surface area contributed by atoms with Gasteiger partial charge in [-0.15, -0.1) is 0 Å². The third-order valence-electron chi connectivity index (χ3n) is 3.13. The van der Waals surface area contributed by atoms with Gasteiger partial charge < -0.3 is 15.8 Å². The molecule has 0 radical (unpaired) electrons. The van der Waals surface area contributed by atoms with Crippen molar-refractivity contribution in [2.75, 3.05) is 24.7 Å². The van der Waals surface area contributed by atoms with Crippen LogP contribution in [0.2, 0.25) is 0 Å². The average Bonchev–Trinajstić information content (AvgIpc) is 2.48. The second-order valence-electron chi connectivity index (χ2n) is 4.57. The molecule has 110 valence electrons. The van der Waals surface area contributed by atoms with Gasteiger partial charge in [-0.1, -0.05) is 18.2 Å². The van der Waals surface area contributed by atoms with Gasteiger partial charge in [0.1, 0.15) is 5.82 Å². The summed E-state index contributed by atoms with van der Waals surface area (Å²) in [6.07, 6.45) is 0.652. The molecule has 0 amide bonds. The highest BCUT2D eigenvalue weighted by Crippen LogP contribution is 2.23. The number of halogens is 1. The predicted molar refractivity (Wildman–Crippen MR) is 80.8 cm³/mol. The molecule has 0 bridgehead atoms. The molecule has 4 nitrogen and oxygen atoms in total. The van der Waals surface area contributed by atoms with E-state index in [9.17, 15) is 9.18 Å². The number of carbonyl (C=O) groups is 1. The number of hydrogen-bond acceptors (Lipinski definition) is 4. The van der Waals surface area contributed by atoms with Crippen LogP contribution in [0.5, 0.6) is 0 Å². The van der Waals surface area contributed by atoms with Gasteiger partial charge in [-0.3, -0.25) is 0 Å². The summed E-state index contributed by atoms with van der Waals surface area (Å²) in [7, 11) is 1.31. The average molecular weight is 288 g/mol. The van der Waals surface area contributed by atoms with Crippen LogP contribution in [0.15, 0.2) is 42.5 Å². The van der Waals surface area contributed by atoms with Crippen LogP contribution in [-0.2, 0) is 11.2 Å². The van der Waals surface area contributed by atoms with E-state index in [0.717, 1.165) is 5.56 Å². The van der Waals surface area contributed by atoms with Crippen LogP contribution < -0.4 is 11.1 Å². The molecule has 2 rings (SSSR count). The van der Waals surface area contributed by atoms with Crippen LogP contribution >= 0.6 is 0 Å². The Labute approximate surface area is 122 Å². The van der Waals surface area contributed by atoms with Crippen molar-refractivity contribution in [3.05, 3.63) is 59.4 Å². The molecule has 0 heterocycles. The van der Waals surface area contributed by atoms with E-state index in [4.69, 9.17) is 5.73 Å². The number of esters is 1. The number of carbonyl (C=O) groups excluding carboxylic acids is 1. The third kappa shape index (κ3) is 3.72. The monoisotopic (exact) mass is 288 g/mol. The molecule has 0 saturated heterocycles. The summed E-state index contributed by atoms with van der Waals surface area (Å²) < 4.78 is 17.7. The molecule has 0 unspecified atom stereocenters. The highest BCUT2D eigenvalue weighted by atomic mass is 19.1. The van der Waals surface area contributed by atoms with Gasteiger partial charge in [0.2, 0.25) is 0 Å². The molecule has 2 aromatic carbocycles. The molecule has 0 aliphatic rings. The molecular weight excluding hydrogens is 271 g/mol. The normalized spacial score (nSPS) is 10.2. The van der Waals surface area contributed by atoms with Crippen LogP contribution in [0.3, 0.4) is 0 Å². The quantitative estimate of drug-likeness (QED) is 0.656. The van der Waals surface area contributed by atoms with Crippen molar-refractivity contribution < 1.29 is 13.9 Å². The number of nitrogens with two attached hydrogens (primary N) is 1. The van der Waals surface area contributed by atoms with E-state index in [-0.39, 0.29) is 5.82 Å². The Hall–Kier alpha value is -2.56. The maximum atomic E-state index is 13.1. The second kappa shape index (κ2) is 6.74. The molecule has 5 heteroatoms. The summed E-state index contributed by atoms with van der Waals surface area (Å²) in [4.78, 5) is 11.5. The first kappa shape index (κ1) is 14.8. The molecule has 3 N–H and O–H groups in total. The summed E-state index contributed by atoms with van der Waals surface area (Å²) in [6, 6.07) is 11.6. The standard InChI is InChI=1S/C16H17FN2O2/c1-21-16(20)13-6-3-7-14(15(13)18)19-9-8-11-4-2-5-12(17)10-11/h2-7,10,19H,8-9,18H2,1H3. The maximum Gasteiger partial charge on any atom is 0.340 e. The number of hydrogen-bond donors (Lipinski definition) is 2. The highest BCUT2D eigenvalue weighted by Gasteiger charge is 2.12. The number of rotatable bonds is 5. The van der Waals surface area contributed by atoms with Gasteiger partial charge in [-0.25, -0.2) is 9.18 Å². The predicted octanol–water partition coefficient (Wildman–Crippen LogP) is 2.85. The van der Waals surface area contributed by atoms with Gasteiger partial charge >= 0.3 is 5.97 Å². The van der Waals surface area contributed by atoms with Crippen molar-refractivity contribution in [3.63, 3.8) is 0 Å². The van der Waals surface area contributed by atoms with Crippen molar-refractivity contribution in [1.82, 2.24) is 0 Å². The van der Waals surface area contributed by atoms with Crippen molar-refractivity contribution in [1.29, 1.82) is 0 Å². The van der Waals surface area contributed by atoms with E-state index in [0.29, 0.717) is 29.9 Å². The molecule has 21 heavy (non-hydrogen) atoms. The van der Waals surface area contributed by atoms with Gasteiger partial charge in [-0.2, -0.15) is 0 Å². The highest BCUT2D eigenvalue weighted by molar-refractivity contribution is 5.98. The van der Waals surface area contributed by atoms with Crippen LogP contribution in [0.1, 0.15) is 15.9 Å². The Kier molecular flexibility index (Phi) is 4.77. The van der Waals surface area contributed by atoms with Crippen molar-refractivity contribution in [2.45, 2.75) is 6.42 Å². The number of ether oxygens (including phenoxy) is 1. The van der Waals surface area contributed by atoms with Crippen LogP contribution in [0.25, 0.3) is 0 Å². The summed E-state index contributed by atoms with van der Waals surface area (Å²) in [5, 5.41) is 3.15.